The van der Waals surface area contributed by atoms with Crippen LogP contribution in [0.4, 0.5) is 4.39 Å². The largest absolute Gasteiger partial charge is 0.481 e. The van der Waals surface area contributed by atoms with Crippen molar-refractivity contribution < 1.29 is 19.0 Å². The molecular formula is C13H16BrFN2O3. The van der Waals surface area contributed by atoms with Gasteiger partial charge in [-0.1, -0.05) is 15.9 Å². The predicted octanol–water partition coefficient (Wildman–Crippen LogP) is 0.663. The van der Waals surface area contributed by atoms with Gasteiger partial charge in [-0.05, 0) is 18.2 Å². The van der Waals surface area contributed by atoms with Gasteiger partial charge in [0.2, 0.25) is 0 Å². The Labute approximate surface area is 124 Å². The number of ether oxygens (including phenoxy) is 1. The summed E-state index contributed by atoms with van der Waals surface area (Å²) in [5.41, 5.74) is 0. The number of amides is 1. The van der Waals surface area contributed by atoms with Crippen molar-refractivity contribution in [3.05, 3.63) is 28.5 Å². The Morgan fingerprint density at radius 2 is 2.35 bits per heavy atom. The summed E-state index contributed by atoms with van der Waals surface area (Å²) in [5.74, 6) is -0.830. The highest BCUT2D eigenvalue weighted by molar-refractivity contribution is 9.10. The summed E-state index contributed by atoms with van der Waals surface area (Å²) >= 11 is 3.14. The lowest BCUT2D eigenvalue weighted by Gasteiger charge is -2.14. The summed E-state index contributed by atoms with van der Waals surface area (Å²) in [6.45, 7) is 1.33. The fourth-order valence-electron chi connectivity index (χ4n) is 1.96. The van der Waals surface area contributed by atoms with E-state index >= 15 is 0 Å². The van der Waals surface area contributed by atoms with E-state index in [-0.39, 0.29) is 24.2 Å². The van der Waals surface area contributed by atoms with Gasteiger partial charge in [0.1, 0.15) is 0 Å². The second-order valence-corrected chi connectivity index (χ2v) is 5.57. The molecule has 5 nitrogen and oxygen atoms in total. The number of halogens is 2. The maximum Gasteiger partial charge on any atom is 0.257 e. The quantitative estimate of drug-likeness (QED) is 0.732. The first-order valence-corrected chi connectivity index (χ1v) is 7.09. The Morgan fingerprint density at radius 3 is 3.00 bits per heavy atom. The number of carbonyl (C=O) groups excluding carboxylic acids is 1. The normalized spacial score (nSPS) is 21.8. The third kappa shape index (κ3) is 4.16. The van der Waals surface area contributed by atoms with Crippen LogP contribution in [0.25, 0.3) is 0 Å². The molecule has 20 heavy (non-hydrogen) atoms. The van der Waals surface area contributed by atoms with E-state index in [0.29, 0.717) is 24.1 Å². The molecule has 1 aromatic rings. The Kier molecular flexibility index (Phi) is 5.33. The highest BCUT2D eigenvalue weighted by atomic mass is 79.9. The van der Waals surface area contributed by atoms with Gasteiger partial charge in [-0.2, -0.15) is 0 Å². The molecule has 0 aromatic heterocycles. The van der Waals surface area contributed by atoms with Gasteiger partial charge in [0.25, 0.3) is 5.91 Å². The van der Waals surface area contributed by atoms with Crippen LogP contribution < -0.4 is 15.4 Å². The molecule has 0 radical (unpaired) electrons. The molecule has 3 N–H and O–H groups in total. The molecule has 2 unspecified atom stereocenters. The minimum Gasteiger partial charge on any atom is -0.481 e. The van der Waals surface area contributed by atoms with Gasteiger partial charge in [0, 0.05) is 30.0 Å². The van der Waals surface area contributed by atoms with E-state index in [4.69, 9.17) is 4.74 Å². The van der Waals surface area contributed by atoms with Crippen LogP contribution in [0.5, 0.6) is 5.75 Å². The lowest BCUT2D eigenvalue weighted by atomic mass is 10.1. The van der Waals surface area contributed by atoms with Crippen molar-refractivity contribution in [2.24, 2.45) is 5.92 Å². The third-order valence-corrected chi connectivity index (χ3v) is 3.61. The fourth-order valence-corrected chi connectivity index (χ4v) is 2.29. The maximum atomic E-state index is 13.5. The van der Waals surface area contributed by atoms with Gasteiger partial charge in [-0.15, -0.1) is 0 Å². The van der Waals surface area contributed by atoms with Crippen LogP contribution in [0, 0.1) is 11.7 Å². The van der Waals surface area contributed by atoms with Gasteiger partial charge in [0.05, 0.1) is 6.10 Å². The van der Waals surface area contributed by atoms with Crippen LogP contribution in [0.2, 0.25) is 0 Å². The number of hydrogen-bond donors (Lipinski definition) is 3. The monoisotopic (exact) mass is 346 g/mol. The van der Waals surface area contributed by atoms with Crippen LogP contribution in [-0.2, 0) is 4.79 Å². The number of benzene rings is 1. The van der Waals surface area contributed by atoms with E-state index in [1.54, 1.807) is 6.07 Å². The van der Waals surface area contributed by atoms with E-state index in [9.17, 15) is 14.3 Å². The van der Waals surface area contributed by atoms with E-state index < -0.39 is 11.9 Å². The third-order valence-electron chi connectivity index (χ3n) is 3.12. The molecule has 0 aliphatic carbocycles. The van der Waals surface area contributed by atoms with Gasteiger partial charge in [0.15, 0.2) is 18.2 Å². The summed E-state index contributed by atoms with van der Waals surface area (Å²) < 4.78 is 19.2. The van der Waals surface area contributed by atoms with Crippen molar-refractivity contribution in [2.75, 3.05) is 26.2 Å². The second kappa shape index (κ2) is 7.01. The standard InChI is InChI=1S/C13H16BrFN2O3/c14-9-1-2-12(10(15)3-9)20-7-13(19)17-5-8-4-16-6-11(8)18/h1-3,8,11,16,18H,4-7H2,(H,17,19). The lowest BCUT2D eigenvalue weighted by Crippen LogP contribution is -2.36. The molecule has 0 spiro atoms. The molecule has 0 bridgehead atoms. The van der Waals surface area contributed by atoms with Crippen LogP contribution in [0.15, 0.2) is 22.7 Å². The molecule has 2 rings (SSSR count). The number of aliphatic hydroxyl groups excluding tert-OH is 1. The summed E-state index contributed by atoms with van der Waals surface area (Å²) in [4.78, 5) is 11.6. The number of aliphatic hydroxyl groups is 1. The molecule has 1 fully saturated rings. The number of β-amino-alcohol motifs (C(OH)–C–C–N with tert-alkyl or cyclic N) is 1. The summed E-state index contributed by atoms with van der Waals surface area (Å²) in [7, 11) is 0. The first-order valence-electron chi connectivity index (χ1n) is 6.29. The molecule has 1 saturated heterocycles. The molecule has 2 atom stereocenters. The molecular weight excluding hydrogens is 331 g/mol. The highest BCUT2D eigenvalue weighted by Crippen LogP contribution is 2.21. The van der Waals surface area contributed by atoms with Gasteiger partial charge in [-0.25, -0.2) is 4.39 Å². The summed E-state index contributed by atoms with van der Waals surface area (Å²) in [6.07, 6.45) is -0.444. The van der Waals surface area contributed by atoms with E-state index in [0.717, 1.165) is 0 Å². The number of hydrogen-bond acceptors (Lipinski definition) is 4. The summed E-state index contributed by atoms with van der Waals surface area (Å²) in [6, 6.07) is 4.36. The molecule has 7 heteroatoms. The van der Waals surface area contributed by atoms with Crippen molar-refractivity contribution in [1.82, 2.24) is 10.6 Å². The van der Waals surface area contributed by atoms with Crippen molar-refractivity contribution in [3.8, 4) is 5.75 Å². The number of nitrogens with one attached hydrogen (secondary N) is 2. The van der Waals surface area contributed by atoms with Crippen LogP contribution in [-0.4, -0.2) is 43.4 Å². The van der Waals surface area contributed by atoms with E-state index in [1.807, 2.05) is 0 Å². The van der Waals surface area contributed by atoms with Crippen LogP contribution in [0.1, 0.15) is 0 Å². The highest BCUT2D eigenvalue weighted by Gasteiger charge is 2.25. The van der Waals surface area contributed by atoms with Gasteiger partial charge >= 0.3 is 0 Å². The zero-order valence-electron chi connectivity index (χ0n) is 10.7. The van der Waals surface area contributed by atoms with Crippen molar-refractivity contribution in [3.63, 3.8) is 0 Å². The minimum atomic E-state index is -0.525. The van der Waals surface area contributed by atoms with Crippen LogP contribution in [0.3, 0.4) is 0 Å². The van der Waals surface area contributed by atoms with Gasteiger partial charge < -0.3 is 20.5 Å². The van der Waals surface area contributed by atoms with Crippen molar-refractivity contribution >= 4 is 21.8 Å². The van der Waals surface area contributed by atoms with Crippen LogP contribution >= 0.6 is 15.9 Å². The van der Waals surface area contributed by atoms with E-state index in [1.165, 1.54) is 12.1 Å². The molecule has 1 amide bonds. The van der Waals surface area contributed by atoms with Crippen molar-refractivity contribution in [1.29, 1.82) is 0 Å². The molecule has 1 aromatic carbocycles. The summed E-state index contributed by atoms with van der Waals surface area (Å²) in [5, 5.41) is 15.3. The molecule has 110 valence electrons. The molecule has 0 saturated carbocycles. The second-order valence-electron chi connectivity index (χ2n) is 4.65. The Morgan fingerprint density at radius 1 is 1.55 bits per heavy atom. The first-order chi connectivity index (χ1) is 9.56. The fraction of sp³-hybridized carbons (Fsp3) is 0.462. The zero-order valence-corrected chi connectivity index (χ0v) is 12.3. The topological polar surface area (TPSA) is 70.6 Å². The molecule has 1 aliphatic heterocycles. The Hall–Kier alpha value is -1.18. The number of rotatable bonds is 5. The van der Waals surface area contributed by atoms with Gasteiger partial charge in [-0.3, -0.25) is 4.79 Å². The average Bonchev–Trinajstić information content (AvgIpc) is 2.81. The lowest BCUT2D eigenvalue weighted by molar-refractivity contribution is -0.123. The SMILES string of the molecule is O=C(COc1ccc(Br)cc1F)NCC1CNCC1O. The molecule has 1 aliphatic rings. The maximum absolute atomic E-state index is 13.5. The smallest absolute Gasteiger partial charge is 0.257 e. The average molecular weight is 347 g/mol. The Bertz CT molecular complexity index is 487. The number of carbonyl (C=O) groups is 1. The van der Waals surface area contributed by atoms with Crippen molar-refractivity contribution in [2.45, 2.75) is 6.10 Å². The minimum absolute atomic E-state index is 0.00312. The zero-order chi connectivity index (χ0) is 14.5. The van der Waals surface area contributed by atoms with E-state index in [2.05, 4.69) is 26.6 Å². The Balaban J connectivity index is 1.74. The first kappa shape index (κ1) is 15.2. The predicted molar refractivity (Wildman–Crippen MR) is 75.0 cm³/mol. The molecule has 1 heterocycles.